The molecule has 8 atom stereocenters. The van der Waals surface area contributed by atoms with Crippen molar-refractivity contribution in [3.05, 3.63) is 114 Å². The second kappa shape index (κ2) is 14.8. The second-order valence-electron chi connectivity index (χ2n) is 12.7. The minimum absolute atomic E-state index is 0.0916. The number of aliphatic hydroxyl groups is 4. The number of carbonyl (C=O) groups is 1. The normalized spacial score (nSPS) is 25.7. The molecule has 0 aromatic heterocycles. The summed E-state index contributed by atoms with van der Waals surface area (Å²) in [6, 6.07) is 20.8. The van der Waals surface area contributed by atoms with Crippen molar-refractivity contribution in [3.8, 4) is 16.9 Å². The quantitative estimate of drug-likeness (QED) is 0.143. The van der Waals surface area contributed by atoms with Crippen molar-refractivity contribution in [2.75, 3.05) is 17.8 Å². The Balaban J connectivity index is 1.21. The molecule has 2 aliphatic rings. The van der Waals surface area contributed by atoms with Gasteiger partial charge in [-0.2, -0.15) is 0 Å². The molecule has 0 bridgehead atoms. The van der Waals surface area contributed by atoms with Crippen LogP contribution in [-0.2, 0) is 24.1 Å². The highest BCUT2D eigenvalue weighted by atomic mass is 32.2. The van der Waals surface area contributed by atoms with Crippen LogP contribution in [-0.4, -0.2) is 83.4 Å². The molecule has 8 unspecified atom stereocenters. The lowest BCUT2D eigenvalue weighted by Crippen LogP contribution is -2.59. The van der Waals surface area contributed by atoms with Crippen molar-refractivity contribution < 1.29 is 57.0 Å². The summed E-state index contributed by atoms with van der Waals surface area (Å²) >= 11 is 0. The van der Waals surface area contributed by atoms with Gasteiger partial charge < -0.3 is 39.9 Å². The molecule has 0 radical (unpaired) electrons. The first-order chi connectivity index (χ1) is 24.3. The van der Waals surface area contributed by atoms with Crippen LogP contribution in [0.3, 0.4) is 0 Å². The number of phenols is 1. The smallest absolute Gasteiger partial charge is 0.233 e. The van der Waals surface area contributed by atoms with E-state index in [4.69, 9.17) is 9.47 Å². The third-order valence-electron chi connectivity index (χ3n) is 9.50. The number of ether oxygens (including phenoxy) is 2. The molecule has 5 N–H and O–H groups in total. The van der Waals surface area contributed by atoms with Crippen LogP contribution < -0.4 is 4.90 Å². The van der Waals surface area contributed by atoms with E-state index in [1.165, 1.54) is 90.9 Å². The summed E-state index contributed by atoms with van der Waals surface area (Å²) in [4.78, 5) is 14.8. The zero-order chi connectivity index (χ0) is 36.6. The molecular weight excluding hydrogens is 688 g/mol. The predicted octanol–water partition coefficient (Wildman–Crippen LogP) is 3.78. The van der Waals surface area contributed by atoms with Crippen LogP contribution in [0.5, 0.6) is 5.75 Å². The van der Waals surface area contributed by atoms with Crippen LogP contribution in [0.25, 0.3) is 11.1 Å². The first-order valence-corrected chi connectivity index (χ1v) is 17.8. The van der Waals surface area contributed by atoms with Gasteiger partial charge in [0.05, 0.1) is 28.7 Å². The molecule has 2 fully saturated rings. The maximum Gasteiger partial charge on any atom is 0.233 e. The SMILES string of the molecule is COC1OC(CS(=O)(=O)c2ccc(-c3ccc(C4C(CCC(O)c5ccc(F)cc5)C(=O)N4c4ccc(F)cc4)c(O)c3)cc2)C(O)C(O)C1O. The third-order valence-corrected chi connectivity index (χ3v) is 11.3. The van der Waals surface area contributed by atoms with E-state index in [1.54, 1.807) is 12.1 Å². The second-order valence-corrected chi connectivity index (χ2v) is 14.7. The molecule has 2 saturated heterocycles. The molecule has 0 aliphatic carbocycles. The minimum atomic E-state index is -4.04. The standard InChI is InChI=1S/C37H37F2NO10S/c1-49-37-35(45)34(44)33(43)31(50-37)19-51(47,48)26-13-4-20(5-14-26)22-6-15-27(30(42)18-22)32-28(16-17-29(41)21-2-7-23(38)8-3-21)36(46)40(32)25-11-9-24(39)10-12-25/h2-15,18,28-29,31-35,37,41-45H,16-17,19H2,1H3. The Bertz CT molecular complexity index is 1960. The topological polar surface area (TPSA) is 174 Å². The Kier molecular flexibility index (Phi) is 10.6. The monoisotopic (exact) mass is 725 g/mol. The fraction of sp³-hybridized carbons (Fsp3) is 0.324. The van der Waals surface area contributed by atoms with Crippen LogP contribution in [0.15, 0.2) is 95.9 Å². The number of aliphatic hydroxyl groups excluding tert-OH is 4. The highest BCUT2D eigenvalue weighted by molar-refractivity contribution is 7.91. The van der Waals surface area contributed by atoms with Crippen LogP contribution in [0.4, 0.5) is 14.5 Å². The van der Waals surface area contributed by atoms with E-state index >= 15 is 0 Å². The van der Waals surface area contributed by atoms with Gasteiger partial charge in [-0.25, -0.2) is 17.2 Å². The van der Waals surface area contributed by atoms with E-state index in [1.807, 2.05) is 0 Å². The van der Waals surface area contributed by atoms with Gasteiger partial charge in [-0.1, -0.05) is 36.4 Å². The van der Waals surface area contributed by atoms with Crippen molar-refractivity contribution in [1.29, 1.82) is 0 Å². The molecule has 1 amide bonds. The molecule has 14 heteroatoms. The molecule has 4 aromatic rings. The van der Waals surface area contributed by atoms with E-state index in [0.29, 0.717) is 27.9 Å². The van der Waals surface area contributed by atoms with E-state index in [9.17, 15) is 47.5 Å². The molecule has 0 spiro atoms. The number of methoxy groups -OCH3 is 1. The predicted molar refractivity (Wildman–Crippen MR) is 180 cm³/mol. The number of phenolic OH excluding ortho intramolecular Hbond substituents is 1. The van der Waals surface area contributed by atoms with Gasteiger partial charge in [0.2, 0.25) is 5.91 Å². The van der Waals surface area contributed by atoms with Gasteiger partial charge in [-0.3, -0.25) is 4.79 Å². The summed E-state index contributed by atoms with van der Waals surface area (Å²) in [5, 5.41) is 52.5. The summed E-state index contributed by atoms with van der Waals surface area (Å²) in [7, 11) is -2.83. The van der Waals surface area contributed by atoms with Gasteiger partial charge in [-0.15, -0.1) is 0 Å². The number of carbonyl (C=O) groups excluding carboxylic acids is 1. The Labute approximate surface area is 292 Å². The minimum Gasteiger partial charge on any atom is -0.508 e. The van der Waals surface area contributed by atoms with Crippen LogP contribution in [0, 0.1) is 17.6 Å². The lowest BCUT2D eigenvalue weighted by Gasteiger charge is -2.48. The van der Waals surface area contributed by atoms with Crippen molar-refractivity contribution in [2.45, 2.75) is 60.6 Å². The Morgan fingerprint density at radius 2 is 1.45 bits per heavy atom. The van der Waals surface area contributed by atoms with Gasteiger partial charge >= 0.3 is 0 Å². The number of sulfone groups is 1. The highest BCUT2D eigenvalue weighted by Gasteiger charge is 2.49. The number of nitrogens with zero attached hydrogens (tertiary/aromatic N) is 1. The lowest BCUT2D eigenvalue weighted by atomic mass is 9.77. The molecule has 4 aromatic carbocycles. The number of aromatic hydroxyl groups is 1. The number of benzene rings is 4. The Morgan fingerprint density at radius 1 is 0.843 bits per heavy atom. The number of anilines is 1. The number of rotatable bonds is 11. The number of β-lactam (4-membered cyclic amide) rings is 1. The van der Waals surface area contributed by atoms with Gasteiger partial charge in [0, 0.05) is 18.4 Å². The van der Waals surface area contributed by atoms with Crippen molar-refractivity contribution in [2.24, 2.45) is 5.92 Å². The largest absolute Gasteiger partial charge is 0.508 e. The molecule has 6 rings (SSSR count). The molecule has 2 aliphatic heterocycles. The lowest BCUT2D eigenvalue weighted by molar-refractivity contribution is -0.285. The van der Waals surface area contributed by atoms with Crippen molar-refractivity contribution >= 4 is 21.4 Å². The fourth-order valence-corrected chi connectivity index (χ4v) is 8.11. The molecule has 0 saturated carbocycles. The number of hydrogen-bond donors (Lipinski definition) is 5. The maximum absolute atomic E-state index is 13.7. The maximum atomic E-state index is 13.7. The highest BCUT2D eigenvalue weighted by Crippen LogP contribution is 2.49. The fourth-order valence-electron chi connectivity index (χ4n) is 6.65. The molecule has 270 valence electrons. The summed E-state index contributed by atoms with van der Waals surface area (Å²) in [6.45, 7) is 0. The van der Waals surface area contributed by atoms with Crippen LogP contribution in [0.1, 0.15) is 36.1 Å². The van der Waals surface area contributed by atoms with Gasteiger partial charge in [0.25, 0.3) is 0 Å². The Hall–Kier alpha value is -4.28. The van der Waals surface area contributed by atoms with Gasteiger partial charge in [0.1, 0.15) is 41.8 Å². The van der Waals surface area contributed by atoms with Gasteiger partial charge in [-0.05, 0) is 84.1 Å². The van der Waals surface area contributed by atoms with Crippen molar-refractivity contribution in [1.82, 2.24) is 0 Å². The summed E-state index contributed by atoms with van der Waals surface area (Å²) in [6.07, 6.45) is -8.14. The number of hydrogen-bond acceptors (Lipinski definition) is 10. The average molecular weight is 726 g/mol. The van der Waals surface area contributed by atoms with E-state index in [0.717, 1.165) is 0 Å². The molecule has 51 heavy (non-hydrogen) atoms. The first kappa shape index (κ1) is 36.5. The van der Waals surface area contributed by atoms with E-state index in [-0.39, 0.29) is 29.4 Å². The molecule has 11 nitrogen and oxygen atoms in total. The first-order valence-electron chi connectivity index (χ1n) is 16.2. The zero-order valence-corrected chi connectivity index (χ0v) is 28.1. The third kappa shape index (κ3) is 7.39. The molecular formula is C37H37F2NO10S. The van der Waals surface area contributed by atoms with Crippen LogP contribution in [0.2, 0.25) is 0 Å². The Morgan fingerprint density at radius 3 is 2.06 bits per heavy atom. The number of amides is 1. The summed E-state index contributed by atoms with van der Waals surface area (Å²) in [5.74, 6) is -2.67. The summed E-state index contributed by atoms with van der Waals surface area (Å²) < 4.78 is 63.9. The van der Waals surface area contributed by atoms with Gasteiger partial charge in [0.15, 0.2) is 16.1 Å². The summed E-state index contributed by atoms with van der Waals surface area (Å²) in [5.41, 5.74) is 2.43. The van der Waals surface area contributed by atoms with E-state index < -0.39 is 76.0 Å². The number of halogens is 2. The van der Waals surface area contributed by atoms with E-state index in [2.05, 4.69) is 0 Å². The average Bonchev–Trinajstić information content (AvgIpc) is 3.12. The van der Waals surface area contributed by atoms with Crippen molar-refractivity contribution in [3.63, 3.8) is 0 Å². The van der Waals surface area contributed by atoms with Crippen LogP contribution >= 0.6 is 0 Å². The molecule has 2 heterocycles. The zero-order valence-electron chi connectivity index (χ0n) is 27.3.